The molecule has 2 heteroatoms. The zero-order valence-corrected chi connectivity index (χ0v) is 11.5. The van der Waals surface area contributed by atoms with Gasteiger partial charge in [0.2, 0.25) is 0 Å². The minimum atomic E-state index is 0.0345. The molecule has 102 valence electrons. The van der Waals surface area contributed by atoms with Crippen molar-refractivity contribution < 1.29 is 4.79 Å². The van der Waals surface area contributed by atoms with Gasteiger partial charge < -0.3 is 5.32 Å². The Morgan fingerprint density at radius 2 is 1.19 bits per heavy atom. The molecule has 0 aliphatic rings. The summed E-state index contributed by atoms with van der Waals surface area (Å²) in [6.07, 6.45) is 0. The molecule has 0 saturated heterocycles. The van der Waals surface area contributed by atoms with E-state index in [0.717, 1.165) is 11.4 Å². The topological polar surface area (TPSA) is 29.1 Å². The van der Waals surface area contributed by atoms with Crippen LogP contribution in [0.4, 0.5) is 11.4 Å². The van der Waals surface area contributed by atoms with Gasteiger partial charge in [-0.1, -0.05) is 60.7 Å². The van der Waals surface area contributed by atoms with Gasteiger partial charge in [0, 0.05) is 22.5 Å². The van der Waals surface area contributed by atoms with Crippen LogP contribution in [0.1, 0.15) is 15.9 Å². The van der Waals surface area contributed by atoms with E-state index in [1.807, 2.05) is 84.9 Å². The molecule has 0 heterocycles. The molecule has 3 aromatic rings. The van der Waals surface area contributed by atoms with Crippen molar-refractivity contribution in [3.8, 4) is 0 Å². The van der Waals surface area contributed by atoms with Gasteiger partial charge in [0.25, 0.3) is 0 Å². The Balaban J connectivity index is 1.85. The molecule has 0 fully saturated rings. The quantitative estimate of drug-likeness (QED) is 0.700. The van der Waals surface area contributed by atoms with E-state index >= 15 is 0 Å². The van der Waals surface area contributed by atoms with Crippen LogP contribution >= 0.6 is 0 Å². The van der Waals surface area contributed by atoms with E-state index in [-0.39, 0.29) is 5.78 Å². The molecule has 0 aliphatic heterocycles. The number of anilines is 2. The lowest BCUT2D eigenvalue weighted by molar-refractivity contribution is 0.103. The van der Waals surface area contributed by atoms with E-state index in [9.17, 15) is 4.79 Å². The van der Waals surface area contributed by atoms with Crippen LogP contribution in [-0.4, -0.2) is 5.78 Å². The number of hydrogen-bond acceptors (Lipinski definition) is 2. The fraction of sp³-hybridized carbons (Fsp3) is 0. The Kier molecular flexibility index (Phi) is 3.79. The van der Waals surface area contributed by atoms with Crippen molar-refractivity contribution in [1.82, 2.24) is 0 Å². The molecule has 0 spiro atoms. The van der Waals surface area contributed by atoms with Gasteiger partial charge in [0.05, 0.1) is 0 Å². The Morgan fingerprint density at radius 3 is 1.90 bits per heavy atom. The molecule has 3 rings (SSSR count). The molecular formula is C19H15NO. The van der Waals surface area contributed by atoms with Crippen LogP contribution < -0.4 is 5.32 Å². The summed E-state index contributed by atoms with van der Waals surface area (Å²) < 4.78 is 0. The van der Waals surface area contributed by atoms with Crippen molar-refractivity contribution in [2.24, 2.45) is 0 Å². The number of hydrogen-bond donors (Lipinski definition) is 1. The second-order valence-electron chi connectivity index (χ2n) is 4.77. The van der Waals surface area contributed by atoms with Crippen molar-refractivity contribution >= 4 is 17.2 Å². The highest BCUT2D eigenvalue weighted by molar-refractivity contribution is 6.09. The lowest BCUT2D eigenvalue weighted by atomic mass is 10.0. The first-order valence-electron chi connectivity index (χ1n) is 6.85. The maximum Gasteiger partial charge on any atom is 0.193 e. The number of nitrogens with one attached hydrogen (secondary N) is 1. The Bertz CT molecular complexity index is 736. The van der Waals surface area contributed by atoms with Gasteiger partial charge in [-0.2, -0.15) is 0 Å². The van der Waals surface area contributed by atoms with Crippen LogP contribution in [0.15, 0.2) is 84.9 Å². The lowest BCUT2D eigenvalue weighted by Gasteiger charge is -2.08. The van der Waals surface area contributed by atoms with Crippen molar-refractivity contribution in [3.63, 3.8) is 0 Å². The molecule has 0 aromatic heterocycles. The minimum Gasteiger partial charge on any atom is -0.356 e. The average molecular weight is 273 g/mol. The van der Waals surface area contributed by atoms with Gasteiger partial charge in [-0.25, -0.2) is 0 Å². The monoisotopic (exact) mass is 273 g/mol. The summed E-state index contributed by atoms with van der Waals surface area (Å²) in [6.45, 7) is 0. The molecule has 1 N–H and O–H groups in total. The zero-order chi connectivity index (χ0) is 14.5. The molecule has 0 bridgehead atoms. The number of rotatable bonds is 4. The maximum absolute atomic E-state index is 12.4. The Labute approximate surface area is 124 Å². The molecule has 2 nitrogen and oxygen atoms in total. The molecule has 0 atom stereocenters. The molecule has 0 unspecified atom stereocenters. The Morgan fingerprint density at radius 1 is 0.619 bits per heavy atom. The highest BCUT2D eigenvalue weighted by atomic mass is 16.1. The predicted octanol–water partition coefficient (Wildman–Crippen LogP) is 4.66. The largest absolute Gasteiger partial charge is 0.356 e. The fourth-order valence-corrected chi connectivity index (χ4v) is 2.18. The van der Waals surface area contributed by atoms with Crippen LogP contribution in [0, 0.1) is 0 Å². The van der Waals surface area contributed by atoms with Gasteiger partial charge in [-0.05, 0) is 24.3 Å². The van der Waals surface area contributed by atoms with E-state index < -0.39 is 0 Å². The summed E-state index contributed by atoms with van der Waals surface area (Å²) in [7, 11) is 0. The molecule has 0 amide bonds. The van der Waals surface area contributed by atoms with Crippen LogP contribution in [0.25, 0.3) is 0 Å². The summed E-state index contributed by atoms with van der Waals surface area (Å²) in [6, 6.07) is 26.8. The van der Waals surface area contributed by atoms with E-state index in [1.54, 1.807) is 0 Å². The van der Waals surface area contributed by atoms with E-state index in [0.29, 0.717) is 11.1 Å². The zero-order valence-electron chi connectivity index (χ0n) is 11.5. The maximum atomic E-state index is 12.4. The first-order valence-corrected chi connectivity index (χ1v) is 6.85. The number of benzene rings is 3. The highest BCUT2D eigenvalue weighted by Crippen LogP contribution is 2.19. The van der Waals surface area contributed by atoms with Gasteiger partial charge in [0.1, 0.15) is 0 Å². The number of carbonyl (C=O) groups is 1. The van der Waals surface area contributed by atoms with Crippen LogP contribution in [0.5, 0.6) is 0 Å². The summed E-state index contributed by atoms with van der Waals surface area (Å²) >= 11 is 0. The van der Waals surface area contributed by atoms with Crippen LogP contribution in [0.3, 0.4) is 0 Å². The molecule has 0 saturated carbocycles. The second kappa shape index (κ2) is 6.06. The van der Waals surface area contributed by atoms with E-state index in [1.165, 1.54) is 0 Å². The summed E-state index contributed by atoms with van der Waals surface area (Å²) in [4.78, 5) is 12.4. The third kappa shape index (κ3) is 3.18. The van der Waals surface area contributed by atoms with Gasteiger partial charge >= 0.3 is 0 Å². The third-order valence-corrected chi connectivity index (χ3v) is 3.22. The molecule has 0 aliphatic carbocycles. The van der Waals surface area contributed by atoms with Gasteiger partial charge in [-0.3, -0.25) is 4.79 Å². The van der Waals surface area contributed by atoms with Crippen LogP contribution in [-0.2, 0) is 0 Å². The van der Waals surface area contributed by atoms with Crippen molar-refractivity contribution in [3.05, 3.63) is 96.1 Å². The standard InChI is InChI=1S/C19H15NO/c21-19(15-8-3-1-4-9-15)16-10-7-13-18(14-16)20-17-11-5-2-6-12-17/h1-14,20H. The normalized spacial score (nSPS) is 10.1. The molecule has 0 radical (unpaired) electrons. The first kappa shape index (κ1) is 13.1. The molecule has 3 aromatic carbocycles. The average Bonchev–Trinajstić information content (AvgIpc) is 2.56. The fourth-order valence-electron chi connectivity index (χ4n) is 2.18. The van der Waals surface area contributed by atoms with Gasteiger partial charge in [-0.15, -0.1) is 0 Å². The number of carbonyl (C=O) groups excluding carboxylic acids is 1. The third-order valence-electron chi connectivity index (χ3n) is 3.22. The second-order valence-corrected chi connectivity index (χ2v) is 4.77. The molecule has 21 heavy (non-hydrogen) atoms. The SMILES string of the molecule is O=C(c1ccccc1)c1cccc(Nc2ccccc2)c1. The van der Waals surface area contributed by atoms with Gasteiger partial charge in [0.15, 0.2) is 5.78 Å². The highest BCUT2D eigenvalue weighted by Gasteiger charge is 2.08. The summed E-state index contributed by atoms with van der Waals surface area (Å²) in [5.41, 5.74) is 3.29. The van der Waals surface area contributed by atoms with Crippen molar-refractivity contribution in [2.45, 2.75) is 0 Å². The van der Waals surface area contributed by atoms with Crippen molar-refractivity contribution in [1.29, 1.82) is 0 Å². The smallest absolute Gasteiger partial charge is 0.193 e. The predicted molar refractivity (Wildman–Crippen MR) is 86.0 cm³/mol. The van der Waals surface area contributed by atoms with Crippen LogP contribution in [0.2, 0.25) is 0 Å². The Hall–Kier alpha value is -2.87. The summed E-state index contributed by atoms with van der Waals surface area (Å²) in [5, 5.41) is 3.30. The number of ketones is 1. The van der Waals surface area contributed by atoms with E-state index in [4.69, 9.17) is 0 Å². The molecular weight excluding hydrogens is 258 g/mol. The minimum absolute atomic E-state index is 0.0345. The lowest BCUT2D eigenvalue weighted by Crippen LogP contribution is -2.01. The summed E-state index contributed by atoms with van der Waals surface area (Å²) in [5.74, 6) is 0.0345. The van der Waals surface area contributed by atoms with Crippen molar-refractivity contribution in [2.75, 3.05) is 5.32 Å². The first-order chi connectivity index (χ1) is 10.3. The van der Waals surface area contributed by atoms with E-state index in [2.05, 4.69) is 5.32 Å². The number of para-hydroxylation sites is 1.